The smallest absolute Gasteiger partial charge is 0.203 e. The molecule has 0 aliphatic heterocycles. The van der Waals surface area contributed by atoms with Crippen LogP contribution in [0.2, 0.25) is 0 Å². The van der Waals surface area contributed by atoms with E-state index in [-0.39, 0.29) is 5.38 Å². The van der Waals surface area contributed by atoms with Crippen molar-refractivity contribution in [3.05, 3.63) is 36.4 Å². The highest BCUT2D eigenvalue weighted by atomic mass is 35.5. The minimum Gasteiger partial charge on any atom is -0.493 e. The van der Waals surface area contributed by atoms with E-state index in [1.807, 2.05) is 22.9 Å². The average molecular weight is 297 g/mol. The Morgan fingerprint density at radius 1 is 1.15 bits per heavy atom. The third-order valence-electron chi connectivity index (χ3n) is 2.98. The fourth-order valence-electron chi connectivity index (χ4n) is 1.97. The van der Waals surface area contributed by atoms with Gasteiger partial charge < -0.3 is 18.8 Å². The van der Waals surface area contributed by atoms with Crippen molar-refractivity contribution in [3.63, 3.8) is 0 Å². The molecule has 20 heavy (non-hydrogen) atoms. The van der Waals surface area contributed by atoms with Gasteiger partial charge in [0.15, 0.2) is 11.5 Å². The zero-order valence-corrected chi connectivity index (χ0v) is 12.4. The minimum absolute atomic E-state index is 0.224. The zero-order chi connectivity index (χ0) is 14.5. The molecule has 0 aliphatic rings. The second-order valence-electron chi connectivity index (χ2n) is 4.19. The Morgan fingerprint density at radius 3 is 2.25 bits per heavy atom. The highest BCUT2D eigenvalue weighted by Gasteiger charge is 2.17. The number of imidazole rings is 1. The number of nitrogens with zero attached hydrogens (tertiary/aromatic N) is 2. The van der Waals surface area contributed by atoms with Crippen LogP contribution < -0.4 is 14.2 Å². The summed E-state index contributed by atoms with van der Waals surface area (Å²) in [6, 6.07) is 3.71. The first-order chi connectivity index (χ1) is 9.69. The molecule has 0 spiro atoms. The topological polar surface area (TPSA) is 45.5 Å². The van der Waals surface area contributed by atoms with Crippen LogP contribution in [-0.4, -0.2) is 30.9 Å². The van der Waals surface area contributed by atoms with Crippen molar-refractivity contribution in [1.29, 1.82) is 0 Å². The molecule has 0 radical (unpaired) electrons. The lowest BCUT2D eigenvalue weighted by molar-refractivity contribution is 0.323. The third kappa shape index (κ3) is 2.99. The summed E-state index contributed by atoms with van der Waals surface area (Å²) in [4.78, 5) is 4.00. The largest absolute Gasteiger partial charge is 0.493 e. The van der Waals surface area contributed by atoms with Gasteiger partial charge in [0.25, 0.3) is 0 Å². The van der Waals surface area contributed by atoms with Crippen LogP contribution in [0, 0.1) is 0 Å². The van der Waals surface area contributed by atoms with Gasteiger partial charge in [0.05, 0.1) is 33.0 Å². The summed E-state index contributed by atoms with van der Waals surface area (Å²) in [5.74, 6) is 1.75. The molecule has 0 N–H and O–H groups in total. The van der Waals surface area contributed by atoms with Crippen molar-refractivity contribution in [1.82, 2.24) is 9.55 Å². The highest BCUT2D eigenvalue weighted by Crippen LogP contribution is 2.41. The quantitative estimate of drug-likeness (QED) is 0.769. The lowest BCUT2D eigenvalue weighted by Gasteiger charge is -2.17. The highest BCUT2D eigenvalue weighted by molar-refractivity contribution is 6.20. The molecule has 1 atom stereocenters. The van der Waals surface area contributed by atoms with Gasteiger partial charge in [0.2, 0.25) is 5.75 Å². The van der Waals surface area contributed by atoms with Crippen molar-refractivity contribution >= 4 is 11.6 Å². The number of aromatic nitrogens is 2. The molecule has 0 saturated heterocycles. The molecule has 1 heterocycles. The summed E-state index contributed by atoms with van der Waals surface area (Å²) in [7, 11) is 4.74. The fourth-order valence-corrected chi connectivity index (χ4v) is 2.25. The summed E-state index contributed by atoms with van der Waals surface area (Å²) in [6.45, 7) is 0.611. The van der Waals surface area contributed by atoms with Crippen LogP contribution in [0.15, 0.2) is 30.9 Å². The van der Waals surface area contributed by atoms with Gasteiger partial charge in [-0.15, -0.1) is 11.6 Å². The van der Waals surface area contributed by atoms with Crippen molar-refractivity contribution < 1.29 is 14.2 Å². The first-order valence-electron chi connectivity index (χ1n) is 6.09. The maximum atomic E-state index is 6.45. The monoisotopic (exact) mass is 296 g/mol. The molecule has 2 rings (SSSR count). The molecule has 108 valence electrons. The Bertz CT molecular complexity index is 533. The molecule has 0 fully saturated rings. The Balaban J connectivity index is 2.31. The van der Waals surface area contributed by atoms with Gasteiger partial charge in [-0.25, -0.2) is 4.98 Å². The van der Waals surface area contributed by atoms with Crippen molar-refractivity contribution in [2.45, 2.75) is 11.9 Å². The number of hydrogen-bond donors (Lipinski definition) is 0. The average Bonchev–Trinajstić information content (AvgIpc) is 2.98. The summed E-state index contributed by atoms with van der Waals surface area (Å²) >= 11 is 6.45. The van der Waals surface area contributed by atoms with Crippen LogP contribution in [0.3, 0.4) is 0 Å². The van der Waals surface area contributed by atoms with E-state index in [1.54, 1.807) is 33.9 Å². The Morgan fingerprint density at radius 2 is 1.80 bits per heavy atom. The van der Waals surface area contributed by atoms with E-state index in [0.717, 1.165) is 5.56 Å². The van der Waals surface area contributed by atoms with E-state index in [1.165, 1.54) is 0 Å². The summed E-state index contributed by atoms with van der Waals surface area (Å²) in [5, 5.41) is -0.224. The molecule has 0 amide bonds. The van der Waals surface area contributed by atoms with Gasteiger partial charge >= 0.3 is 0 Å². The Kier molecular flexibility index (Phi) is 4.74. The minimum atomic E-state index is -0.224. The van der Waals surface area contributed by atoms with E-state index < -0.39 is 0 Å². The van der Waals surface area contributed by atoms with Crippen LogP contribution in [0.4, 0.5) is 0 Å². The van der Waals surface area contributed by atoms with Gasteiger partial charge in [-0.05, 0) is 17.7 Å². The van der Waals surface area contributed by atoms with Crippen LogP contribution in [-0.2, 0) is 6.54 Å². The predicted molar refractivity (Wildman–Crippen MR) is 76.9 cm³/mol. The van der Waals surface area contributed by atoms with E-state index in [0.29, 0.717) is 23.8 Å². The standard InChI is InChI=1S/C14H17ClN2O3/c1-18-12-6-10(7-13(19-2)14(12)20-3)11(15)8-17-5-4-16-9-17/h4-7,9,11H,8H2,1-3H3. The second-order valence-corrected chi connectivity index (χ2v) is 4.71. The molecule has 2 aromatic rings. The number of ether oxygens (including phenoxy) is 3. The molecule has 0 aliphatic carbocycles. The van der Waals surface area contributed by atoms with Crippen LogP contribution in [0.5, 0.6) is 17.2 Å². The van der Waals surface area contributed by atoms with Gasteiger partial charge in [-0.3, -0.25) is 0 Å². The summed E-state index contributed by atoms with van der Waals surface area (Å²) in [5.41, 5.74) is 0.898. The zero-order valence-electron chi connectivity index (χ0n) is 11.7. The van der Waals surface area contributed by atoms with Crippen LogP contribution in [0.25, 0.3) is 0 Å². The predicted octanol–water partition coefficient (Wildman–Crippen LogP) is 2.89. The molecule has 5 nitrogen and oxygen atoms in total. The molecular formula is C14H17ClN2O3. The number of methoxy groups -OCH3 is 3. The first-order valence-corrected chi connectivity index (χ1v) is 6.53. The number of rotatable bonds is 6. The van der Waals surface area contributed by atoms with Crippen LogP contribution >= 0.6 is 11.6 Å². The molecule has 0 saturated carbocycles. The van der Waals surface area contributed by atoms with Gasteiger partial charge in [-0.1, -0.05) is 0 Å². The molecule has 1 aromatic carbocycles. The number of alkyl halides is 1. The Labute approximate surface area is 123 Å². The lowest BCUT2D eigenvalue weighted by Crippen LogP contribution is -2.04. The van der Waals surface area contributed by atoms with E-state index >= 15 is 0 Å². The Hall–Kier alpha value is -1.88. The van der Waals surface area contributed by atoms with Gasteiger partial charge in [-0.2, -0.15) is 0 Å². The second kappa shape index (κ2) is 6.52. The number of halogens is 1. The van der Waals surface area contributed by atoms with E-state index in [4.69, 9.17) is 25.8 Å². The molecule has 6 heteroatoms. The van der Waals surface area contributed by atoms with Gasteiger partial charge in [0.1, 0.15) is 0 Å². The fraction of sp³-hybridized carbons (Fsp3) is 0.357. The maximum Gasteiger partial charge on any atom is 0.203 e. The van der Waals surface area contributed by atoms with Crippen molar-refractivity contribution in [3.8, 4) is 17.2 Å². The summed E-state index contributed by atoms with van der Waals surface area (Å²) in [6.07, 6.45) is 5.32. The maximum absolute atomic E-state index is 6.45. The van der Waals surface area contributed by atoms with Crippen molar-refractivity contribution in [2.75, 3.05) is 21.3 Å². The molecule has 1 unspecified atom stereocenters. The van der Waals surface area contributed by atoms with E-state index in [9.17, 15) is 0 Å². The SMILES string of the molecule is COc1cc(C(Cl)Cn2ccnc2)cc(OC)c1OC. The van der Waals surface area contributed by atoms with Crippen molar-refractivity contribution in [2.24, 2.45) is 0 Å². The first kappa shape index (κ1) is 14.5. The van der Waals surface area contributed by atoms with Gasteiger partial charge in [0, 0.05) is 18.9 Å². The summed E-state index contributed by atoms with van der Waals surface area (Å²) < 4.78 is 17.9. The lowest BCUT2D eigenvalue weighted by atomic mass is 10.1. The molecule has 0 bridgehead atoms. The number of benzene rings is 1. The molecule has 1 aromatic heterocycles. The number of hydrogen-bond acceptors (Lipinski definition) is 4. The normalized spacial score (nSPS) is 12.0. The molecular weight excluding hydrogens is 280 g/mol. The third-order valence-corrected chi connectivity index (χ3v) is 3.37. The van der Waals surface area contributed by atoms with E-state index in [2.05, 4.69) is 4.98 Å². The van der Waals surface area contributed by atoms with Crippen LogP contribution in [0.1, 0.15) is 10.9 Å².